The van der Waals surface area contributed by atoms with Gasteiger partial charge in [-0.3, -0.25) is 0 Å². The smallest absolute Gasteiger partial charge is 0.206 e. The van der Waals surface area contributed by atoms with Crippen molar-refractivity contribution in [2.75, 3.05) is 0 Å². The van der Waals surface area contributed by atoms with Crippen molar-refractivity contribution in [3.05, 3.63) is 30.1 Å². The molecule has 0 atom stereocenters. The second-order valence-electron chi connectivity index (χ2n) is 1.91. The Morgan fingerprint density at radius 2 is 1.92 bits per heavy atom. The van der Waals surface area contributed by atoms with Gasteiger partial charge in [-0.05, 0) is 23.9 Å². The van der Waals surface area contributed by atoms with Crippen molar-refractivity contribution in [3.63, 3.8) is 0 Å². The van der Waals surface area contributed by atoms with E-state index in [1.165, 1.54) is 6.07 Å². The van der Waals surface area contributed by atoms with Crippen molar-refractivity contribution in [3.8, 4) is 0 Å². The molecule has 1 aromatic carbocycles. The van der Waals surface area contributed by atoms with E-state index in [0.717, 1.165) is 12.1 Å². The zero-order valence-electron chi connectivity index (χ0n) is 5.65. The molecule has 0 aliphatic heterocycles. The first kappa shape index (κ1) is 9.38. The third kappa shape index (κ3) is 3.13. The summed E-state index contributed by atoms with van der Waals surface area (Å²) in [7, 11) is 0. The largest absolute Gasteiger partial charge is 0.446 e. The van der Waals surface area contributed by atoms with Crippen LogP contribution in [0.4, 0.5) is 17.6 Å². The molecule has 1 aromatic rings. The molecule has 5 heteroatoms. The van der Waals surface area contributed by atoms with Gasteiger partial charge in [0, 0.05) is 11.0 Å². The molecule has 1 rings (SSSR count). The van der Waals surface area contributed by atoms with E-state index in [2.05, 4.69) is 0 Å². The fourth-order valence-electron chi connectivity index (χ4n) is 0.605. The van der Waals surface area contributed by atoms with Crippen LogP contribution in [0.2, 0.25) is 0 Å². The van der Waals surface area contributed by atoms with Gasteiger partial charge in [0.25, 0.3) is 0 Å². The lowest BCUT2D eigenvalue weighted by Crippen LogP contribution is -1.98. The third-order valence-electron chi connectivity index (χ3n) is 0.958. The van der Waals surface area contributed by atoms with Crippen LogP contribution in [0.3, 0.4) is 0 Å². The molecule has 0 amide bonds. The van der Waals surface area contributed by atoms with E-state index in [-0.39, 0.29) is 16.7 Å². The molecule has 0 unspecified atom stereocenters. The van der Waals surface area contributed by atoms with Gasteiger partial charge in [0.05, 0.1) is 0 Å². The Kier molecular flexibility index (Phi) is 2.62. The van der Waals surface area contributed by atoms with Crippen molar-refractivity contribution in [1.29, 1.82) is 0 Å². The maximum absolute atomic E-state index is 12.3. The zero-order valence-corrected chi connectivity index (χ0v) is 6.47. The summed E-state index contributed by atoms with van der Waals surface area (Å²) in [6.45, 7) is 0. The number of hydrogen-bond acceptors (Lipinski definition) is 1. The molecule has 0 fully saturated rings. The highest BCUT2D eigenvalue weighted by Crippen LogP contribution is 2.36. The van der Waals surface area contributed by atoms with Crippen LogP contribution in [0.25, 0.3) is 0 Å². The third-order valence-corrected chi connectivity index (χ3v) is 1.65. The average molecular weight is 195 g/mol. The first-order valence-corrected chi connectivity index (χ1v) is 3.72. The number of rotatable bonds is 1. The molecule has 12 heavy (non-hydrogen) atoms. The van der Waals surface area contributed by atoms with E-state index in [1.807, 2.05) is 6.07 Å². The highest BCUT2D eigenvalue weighted by Gasteiger charge is 2.29. The van der Waals surface area contributed by atoms with Crippen LogP contribution in [-0.4, -0.2) is 5.51 Å². The fourth-order valence-corrected chi connectivity index (χ4v) is 1.15. The maximum atomic E-state index is 12.3. The predicted octanol–water partition coefficient (Wildman–Crippen LogP) is 3.24. The van der Waals surface area contributed by atoms with E-state index in [9.17, 15) is 17.6 Å². The Labute approximate surface area is 70.6 Å². The molecular formula is C7H3F4S. The van der Waals surface area contributed by atoms with Gasteiger partial charge in [0.2, 0.25) is 0 Å². The minimum atomic E-state index is -4.38. The Hall–Kier alpha value is -0.710. The van der Waals surface area contributed by atoms with Crippen molar-refractivity contribution >= 4 is 11.8 Å². The summed E-state index contributed by atoms with van der Waals surface area (Å²) < 4.78 is 47.4. The molecule has 0 bridgehead atoms. The van der Waals surface area contributed by atoms with Crippen LogP contribution in [0, 0.1) is 11.9 Å². The topological polar surface area (TPSA) is 0 Å². The summed E-state index contributed by atoms with van der Waals surface area (Å²) in [5.74, 6) is -0.788. The molecule has 0 aliphatic rings. The second kappa shape index (κ2) is 3.35. The number of hydrogen-bond donors (Lipinski definition) is 0. The summed E-state index contributed by atoms with van der Waals surface area (Å²) in [6.07, 6.45) is 0. The Balaban J connectivity index is 2.77. The summed E-state index contributed by atoms with van der Waals surface area (Å²) in [5.41, 5.74) is -4.38. The molecule has 0 heterocycles. The fraction of sp³-hybridized carbons (Fsp3) is 0.143. The molecule has 0 saturated carbocycles. The van der Waals surface area contributed by atoms with Gasteiger partial charge in [0.15, 0.2) is 0 Å². The zero-order chi connectivity index (χ0) is 9.19. The number of thioether (sulfide) groups is 1. The van der Waals surface area contributed by atoms with Crippen molar-refractivity contribution in [1.82, 2.24) is 0 Å². The monoisotopic (exact) mass is 195 g/mol. The molecular weight excluding hydrogens is 192 g/mol. The van der Waals surface area contributed by atoms with Crippen molar-refractivity contribution < 1.29 is 17.6 Å². The van der Waals surface area contributed by atoms with E-state index >= 15 is 0 Å². The van der Waals surface area contributed by atoms with Gasteiger partial charge in [0.1, 0.15) is 5.82 Å². The van der Waals surface area contributed by atoms with E-state index < -0.39 is 11.3 Å². The minimum absolute atomic E-state index is 0.262. The SMILES string of the molecule is Fc1[c]c(SC(F)(F)F)ccc1. The van der Waals surface area contributed by atoms with Crippen LogP contribution < -0.4 is 0 Å². The van der Waals surface area contributed by atoms with Gasteiger partial charge >= 0.3 is 5.51 Å². The predicted molar refractivity (Wildman–Crippen MR) is 37.1 cm³/mol. The molecule has 0 spiro atoms. The maximum Gasteiger partial charge on any atom is 0.446 e. The number of halogens is 4. The van der Waals surface area contributed by atoms with Crippen molar-refractivity contribution in [2.24, 2.45) is 0 Å². The van der Waals surface area contributed by atoms with Gasteiger partial charge in [-0.15, -0.1) is 0 Å². The first-order chi connectivity index (χ1) is 5.47. The lowest BCUT2D eigenvalue weighted by molar-refractivity contribution is -0.0328. The van der Waals surface area contributed by atoms with Crippen molar-refractivity contribution in [2.45, 2.75) is 10.4 Å². The number of benzene rings is 1. The normalized spacial score (nSPS) is 11.7. The standard InChI is InChI=1S/C7H3F4S/c8-5-2-1-3-6(4-5)12-7(9,10)11/h1-3H. The Morgan fingerprint density at radius 3 is 2.42 bits per heavy atom. The van der Waals surface area contributed by atoms with Crippen LogP contribution in [0.15, 0.2) is 23.1 Å². The van der Waals surface area contributed by atoms with E-state index in [0.29, 0.717) is 0 Å². The molecule has 0 aliphatic carbocycles. The van der Waals surface area contributed by atoms with E-state index in [1.54, 1.807) is 0 Å². The molecule has 65 valence electrons. The summed E-state index contributed by atoms with van der Waals surface area (Å²) >= 11 is -0.381. The lowest BCUT2D eigenvalue weighted by Gasteiger charge is -2.03. The van der Waals surface area contributed by atoms with Gasteiger partial charge in [-0.2, -0.15) is 13.2 Å². The summed E-state index contributed by atoms with van der Waals surface area (Å²) in [5, 5.41) is 0. The van der Waals surface area contributed by atoms with Gasteiger partial charge < -0.3 is 0 Å². The summed E-state index contributed by atoms with van der Waals surface area (Å²) in [6, 6.07) is 5.34. The van der Waals surface area contributed by atoms with Crippen LogP contribution in [0.1, 0.15) is 0 Å². The molecule has 0 saturated heterocycles. The van der Waals surface area contributed by atoms with Gasteiger partial charge in [-0.1, -0.05) is 6.07 Å². The van der Waals surface area contributed by atoms with E-state index in [4.69, 9.17) is 0 Å². The summed E-state index contributed by atoms with van der Waals surface area (Å²) in [4.78, 5) is -0.262. The number of alkyl halides is 3. The Morgan fingerprint density at radius 1 is 1.25 bits per heavy atom. The van der Waals surface area contributed by atoms with Crippen LogP contribution in [-0.2, 0) is 0 Å². The average Bonchev–Trinajstić information content (AvgIpc) is 1.82. The lowest BCUT2D eigenvalue weighted by atomic mass is 10.4. The minimum Gasteiger partial charge on any atom is -0.206 e. The van der Waals surface area contributed by atoms with Gasteiger partial charge in [-0.25, -0.2) is 4.39 Å². The molecule has 1 radical (unpaired) electrons. The van der Waals surface area contributed by atoms with Crippen LogP contribution >= 0.6 is 11.8 Å². The molecule has 0 N–H and O–H groups in total. The quantitative estimate of drug-likeness (QED) is 0.489. The first-order valence-electron chi connectivity index (χ1n) is 2.91. The Bertz CT molecular complexity index is 268. The van der Waals surface area contributed by atoms with Crippen LogP contribution in [0.5, 0.6) is 0 Å². The second-order valence-corrected chi connectivity index (χ2v) is 3.02. The molecule has 0 aromatic heterocycles. The highest BCUT2D eigenvalue weighted by atomic mass is 32.2. The highest BCUT2D eigenvalue weighted by molar-refractivity contribution is 8.00. The molecule has 0 nitrogen and oxygen atoms in total.